The van der Waals surface area contributed by atoms with Crippen molar-refractivity contribution in [3.05, 3.63) is 0 Å². The van der Waals surface area contributed by atoms with E-state index in [1.807, 2.05) is 6.92 Å². The summed E-state index contributed by atoms with van der Waals surface area (Å²) in [5.41, 5.74) is -0.162. The van der Waals surface area contributed by atoms with Gasteiger partial charge in [0.1, 0.15) is 12.2 Å². The van der Waals surface area contributed by atoms with Crippen LogP contribution in [0.25, 0.3) is 0 Å². The van der Waals surface area contributed by atoms with E-state index in [-0.39, 0.29) is 11.6 Å². The van der Waals surface area contributed by atoms with Crippen LogP contribution >= 0.6 is 0 Å². The van der Waals surface area contributed by atoms with Crippen LogP contribution < -0.4 is 0 Å². The van der Waals surface area contributed by atoms with Crippen molar-refractivity contribution in [2.45, 2.75) is 25.9 Å². The molecule has 1 fully saturated rings. The maximum atomic E-state index is 10.6. The average molecular weight is 144 g/mol. The number of hydrogen-bond acceptors (Lipinski definition) is 3. The van der Waals surface area contributed by atoms with Crippen molar-refractivity contribution < 1.29 is 14.3 Å². The Morgan fingerprint density at radius 2 is 2.40 bits per heavy atom. The van der Waals surface area contributed by atoms with Crippen LogP contribution in [0.1, 0.15) is 20.3 Å². The number of esters is 1. The molecule has 0 aromatic carbocycles. The van der Waals surface area contributed by atoms with Gasteiger partial charge < -0.3 is 9.47 Å². The lowest BCUT2D eigenvalue weighted by Gasteiger charge is -2.04. The summed E-state index contributed by atoms with van der Waals surface area (Å²) in [7, 11) is 0. The first-order valence-electron chi connectivity index (χ1n) is 3.46. The van der Waals surface area contributed by atoms with Crippen LogP contribution in [0.5, 0.6) is 0 Å². The Morgan fingerprint density at radius 1 is 1.80 bits per heavy atom. The van der Waals surface area contributed by atoms with Gasteiger partial charge in [-0.15, -0.1) is 0 Å². The van der Waals surface area contributed by atoms with Gasteiger partial charge in [-0.2, -0.15) is 0 Å². The second-order valence-electron chi connectivity index (χ2n) is 2.75. The fraction of sp³-hybridized carbons (Fsp3) is 0.857. The molecule has 1 aliphatic heterocycles. The van der Waals surface area contributed by atoms with E-state index in [1.165, 1.54) is 0 Å². The predicted molar refractivity (Wildman–Crippen MR) is 35.6 cm³/mol. The molecule has 1 rings (SSSR count). The maximum absolute atomic E-state index is 10.6. The minimum atomic E-state index is -0.162. The number of ether oxygens (including phenoxy) is 2. The topological polar surface area (TPSA) is 38.8 Å². The van der Waals surface area contributed by atoms with E-state index in [4.69, 9.17) is 9.47 Å². The summed E-state index contributed by atoms with van der Waals surface area (Å²) in [6, 6.07) is 0. The summed E-state index contributed by atoms with van der Waals surface area (Å²) in [5.74, 6) is -0.156. The minimum Gasteiger partial charge on any atom is -0.463 e. The predicted octanol–water partition coefficient (Wildman–Crippen LogP) is 0.729. The molecule has 0 spiro atoms. The van der Waals surface area contributed by atoms with Gasteiger partial charge in [0.05, 0.1) is 6.61 Å². The SMILES string of the molecule is CCC(=O)OC[C@]1(C)CO1. The van der Waals surface area contributed by atoms with E-state index in [1.54, 1.807) is 6.92 Å². The monoisotopic (exact) mass is 144 g/mol. The Bertz CT molecular complexity index is 138. The molecule has 0 aromatic rings. The molecule has 0 N–H and O–H groups in total. The molecule has 0 saturated carbocycles. The van der Waals surface area contributed by atoms with Crippen molar-refractivity contribution in [1.82, 2.24) is 0 Å². The summed E-state index contributed by atoms with van der Waals surface area (Å²) in [4.78, 5) is 10.6. The van der Waals surface area contributed by atoms with Crippen LogP contribution in [0.4, 0.5) is 0 Å². The fourth-order valence-corrected chi connectivity index (χ4v) is 0.542. The zero-order chi connectivity index (χ0) is 7.61. The van der Waals surface area contributed by atoms with Crippen LogP contribution in [0.2, 0.25) is 0 Å². The highest BCUT2D eigenvalue weighted by atomic mass is 16.6. The maximum Gasteiger partial charge on any atom is 0.305 e. The smallest absolute Gasteiger partial charge is 0.305 e. The summed E-state index contributed by atoms with van der Waals surface area (Å²) in [6.07, 6.45) is 0.441. The summed E-state index contributed by atoms with van der Waals surface area (Å²) < 4.78 is 9.87. The second-order valence-corrected chi connectivity index (χ2v) is 2.75. The van der Waals surface area contributed by atoms with Gasteiger partial charge in [0, 0.05) is 6.42 Å². The average Bonchev–Trinajstić information content (AvgIpc) is 2.64. The zero-order valence-corrected chi connectivity index (χ0v) is 6.35. The Hall–Kier alpha value is -0.570. The number of carbonyl (C=O) groups is 1. The van der Waals surface area contributed by atoms with E-state index in [2.05, 4.69) is 0 Å². The van der Waals surface area contributed by atoms with Gasteiger partial charge in [0.15, 0.2) is 0 Å². The highest BCUT2D eigenvalue weighted by Gasteiger charge is 2.40. The number of rotatable bonds is 3. The van der Waals surface area contributed by atoms with Crippen molar-refractivity contribution in [3.63, 3.8) is 0 Å². The Morgan fingerprint density at radius 3 is 2.80 bits per heavy atom. The van der Waals surface area contributed by atoms with Gasteiger partial charge in [0.2, 0.25) is 0 Å². The third kappa shape index (κ3) is 1.99. The molecule has 0 aliphatic carbocycles. The molecule has 0 aromatic heterocycles. The first kappa shape index (κ1) is 7.54. The van der Waals surface area contributed by atoms with E-state index < -0.39 is 0 Å². The fourth-order valence-electron chi connectivity index (χ4n) is 0.542. The van der Waals surface area contributed by atoms with E-state index in [0.717, 1.165) is 0 Å². The molecule has 10 heavy (non-hydrogen) atoms. The second kappa shape index (κ2) is 2.58. The molecule has 3 nitrogen and oxygen atoms in total. The number of epoxide rings is 1. The molecule has 1 heterocycles. The third-order valence-electron chi connectivity index (χ3n) is 1.46. The molecule has 3 heteroatoms. The molecule has 0 unspecified atom stereocenters. The molecule has 1 aliphatic rings. The third-order valence-corrected chi connectivity index (χ3v) is 1.46. The highest BCUT2D eigenvalue weighted by Crippen LogP contribution is 2.25. The van der Waals surface area contributed by atoms with Gasteiger partial charge in [-0.3, -0.25) is 4.79 Å². The van der Waals surface area contributed by atoms with Crippen molar-refractivity contribution in [1.29, 1.82) is 0 Å². The van der Waals surface area contributed by atoms with Crippen molar-refractivity contribution in [2.75, 3.05) is 13.2 Å². The lowest BCUT2D eigenvalue weighted by Crippen LogP contribution is -2.17. The molecular weight excluding hydrogens is 132 g/mol. The Balaban J connectivity index is 2.10. The summed E-state index contributed by atoms with van der Waals surface area (Å²) in [5, 5.41) is 0. The minimum absolute atomic E-state index is 0.156. The number of hydrogen-bond donors (Lipinski definition) is 0. The zero-order valence-electron chi connectivity index (χ0n) is 6.35. The van der Waals surface area contributed by atoms with E-state index in [0.29, 0.717) is 19.6 Å². The van der Waals surface area contributed by atoms with E-state index >= 15 is 0 Å². The Kier molecular flexibility index (Phi) is 1.94. The van der Waals surface area contributed by atoms with E-state index in [9.17, 15) is 4.79 Å². The molecule has 0 radical (unpaired) electrons. The van der Waals surface area contributed by atoms with Gasteiger partial charge in [-0.05, 0) is 6.92 Å². The molecular formula is C7H12O3. The van der Waals surface area contributed by atoms with Crippen molar-refractivity contribution >= 4 is 5.97 Å². The van der Waals surface area contributed by atoms with Crippen LogP contribution in [0.3, 0.4) is 0 Å². The molecule has 1 saturated heterocycles. The number of carbonyl (C=O) groups excluding carboxylic acids is 1. The molecule has 0 amide bonds. The quantitative estimate of drug-likeness (QED) is 0.433. The van der Waals surface area contributed by atoms with Crippen molar-refractivity contribution in [3.8, 4) is 0 Å². The largest absolute Gasteiger partial charge is 0.463 e. The van der Waals surface area contributed by atoms with Crippen LogP contribution in [-0.4, -0.2) is 24.8 Å². The Labute approximate surface area is 60.3 Å². The summed E-state index contributed by atoms with van der Waals surface area (Å²) >= 11 is 0. The highest BCUT2D eigenvalue weighted by molar-refractivity contribution is 5.68. The lowest BCUT2D eigenvalue weighted by atomic mass is 10.2. The first-order valence-corrected chi connectivity index (χ1v) is 3.46. The normalized spacial score (nSPS) is 29.8. The van der Waals surface area contributed by atoms with Gasteiger partial charge >= 0.3 is 5.97 Å². The van der Waals surface area contributed by atoms with Gasteiger partial charge in [-0.25, -0.2) is 0 Å². The summed E-state index contributed by atoms with van der Waals surface area (Å²) in [6.45, 7) is 4.82. The standard InChI is InChI=1S/C7H12O3/c1-3-6(8)9-4-7(2)5-10-7/h3-5H2,1-2H3/t7-/m1/s1. The molecule has 1 atom stereocenters. The van der Waals surface area contributed by atoms with Crippen LogP contribution in [-0.2, 0) is 14.3 Å². The molecule has 0 bridgehead atoms. The van der Waals surface area contributed by atoms with Gasteiger partial charge in [0.25, 0.3) is 0 Å². The lowest BCUT2D eigenvalue weighted by molar-refractivity contribution is -0.144. The first-order chi connectivity index (χ1) is 4.66. The van der Waals surface area contributed by atoms with Gasteiger partial charge in [-0.1, -0.05) is 6.92 Å². The molecule has 58 valence electrons. The van der Waals surface area contributed by atoms with Crippen molar-refractivity contribution in [2.24, 2.45) is 0 Å². The van der Waals surface area contributed by atoms with Crippen LogP contribution in [0, 0.1) is 0 Å². The van der Waals surface area contributed by atoms with Crippen LogP contribution in [0.15, 0.2) is 0 Å².